The van der Waals surface area contributed by atoms with E-state index in [0.29, 0.717) is 0 Å². The zero-order chi connectivity index (χ0) is 21.1. The normalized spacial score (nSPS) is 12.0. The number of nitrogens with zero attached hydrogens (tertiary/aromatic N) is 2. The second-order valence-corrected chi connectivity index (χ2v) is 8.55. The predicted octanol–water partition coefficient (Wildman–Crippen LogP) is 7.59. The van der Waals surface area contributed by atoms with Gasteiger partial charge in [0, 0.05) is 45.7 Å². The van der Waals surface area contributed by atoms with E-state index >= 15 is 0 Å². The Labute approximate surface area is 182 Å². The van der Waals surface area contributed by atoms with Crippen LogP contribution in [0, 0.1) is 13.8 Å². The Balaban J connectivity index is 1.90. The van der Waals surface area contributed by atoms with E-state index in [1.807, 2.05) is 0 Å². The Hall–Kier alpha value is -3.52. The van der Waals surface area contributed by atoms with Crippen LogP contribution in [0.25, 0.3) is 43.6 Å². The van der Waals surface area contributed by atoms with Crippen LogP contribution in [0.15, 0.2) is 78.9 Å². The maximum atomic E-state index is 2.54. The highest BCUT2D eigenvalue weighted by atomic mass is 15.0. The van der Waals surface area contributed by atoms with Crippen LogP contribution in [0.4, 0.5) is 0 Å². The molecule has 6 rings (SSSR count). The zero-order valence-corrected chi connectivity index (χ0v) is 18.3. The first kappa shape index (κ1) is 18.3. The molecule has 2 heterocycles. The van der Waals surface area contributed by atoms with Gasteiger partial charge in [0.2, 0.25) is 0 Å². The Bertz CT molecular complexity index is 1600. The lowest BCUT2D eigenvalue weighted by Crippen LogP contribution is -2.02. The van der Waals surface area contributed by atoms with E-state index in [2.05, 4.69) is 109 Å². The lowest BCUT2D eigenvalue weighted by molar-refractivity contribution is 0.820. The van der Waals surface area contributed by atoms with E-state index in [9.17, 15) is 0 Å². The van der Waals surface area contributed by atoms with Crippen molar-refractivity contribution in [3.8, 4) is 0 Å². The fourth-order valence-corrected chi connectivity index (χ4v) is 5.49. The molecule has 0 N–H and O–H groups in total. The molecule has 0 fully saturated rings. The van der Waals surface area contributed by atoms with Gasteiger partial charge in [-0.15, -0.1) is 0 Å². The topological polar surface area (TPSA) is 9.86 Å². The summed E-state index contributed by atoms with van der Waals surface area (Å²) >= 11 is 0. The summed E-state index contributed by atoms with van der Waals surface area (Å²) in [4.78, 5) is 0. The monoisotopic (exact) mass is 402 g/mol. The second-order valence-electron chi connectivity index (χ2n) is 8.55. The van der Waals surface area contributed by atoms with Gasteiger partial charge < -0.3 is 9.13 Å². The molecule has 0 unspecified atom stereocenters. The van der Waals surface area contributed by atoms with Crippen LogP contribution in [0.5, 0.6) is 0 Å². The fourth-order valence-electron chi connectivity index (χ4n) is 5.49. The van der Waals surface area contributed by atoms with E-state index in [4.69, 9.17) is 0 Å². The van der Waals surface area contributed by atoms with Gasteiger partial charge >= 0.3 is 0 Å². The van der Waals surface area contributed by atoms with E-state index in [1.54, 1.807) is 0 Å². The lowest BCUT2D eigenvalue weighted by Gasteiger charge is -2.13. The molecule has 0 radical (unpaired) electrons. The molecule has 2 nitrogen and oxygen atoms in total. The molecule has 0 saturated heterocycles. The molecular formula is C29H26N2. The summed E-state index contributed by atoms with van der Waals surface area (Å²) in [5.74, 6) is 0. The van der Waals surface area contributed by atoms with E-state index < -0.39 is 0 Å². The highest BCUT2D eigenvalue weighted by Crippen LogP contribution is 2.43. The van der Waals surface area contributed by atoms with Gasteiger partial charge in [-0.1, -0.05) is 66.7 Å². The van der Waals surface area contributed by atoms with Crippen LogP contribution in [-0.4, -0.2) is 9.13 Å². The number of rotatable bonds is 3. The summed E-state index contributed by atoms with van der Waals surface area (Å²) in [6.45, 7) is 8.68. The summed E-state index contributed by atoms with van der Waals surface area (Å²) in [7, 11) is 0. The van der Waals surface area contributed by atoms with E-state index in [0.717, 1.165) is 13.1 Å². The molecule has 0 spiro atoms. The summed E-state index contributed by atoms with van der Waals surface area (Å²) in [6.07, 6.45) is 0. The van der Waals surface area contributed by atoms with E-state index in [-0.39, 0.29) is 0 Å². The van der Waals surface area contributed by atoms with Crippen molar-refractivity contribution in [3.63, 3.8) is 0 Å². The molecule has 0 amide bonds. The Morgan fingerprint density at radius 2 is 1.06 bits per heavy atom. The lowest BCUT2D eigenvalue weighted by atomic mass is 9.97. The molecule has 2 aromatic heterocycles. The third kappa shape index (κ3) is 2.45. The van der Waals surface area contributed by atoms with Gasteiger partial charge in [0.25, 0.3) is 0 Å². The molecule has 0 saturated carbocycles. The molecular weight excluding hydrogens is 376 g/mol. The second kappa shape index (κ2) is 6.75. The summed E-state index contributed by atoms with van der Waals surface area (Å²) in [5.41, 5.74) is 9.49. The summed E-state index contributed by atoms with van der Waals surface area (Å²) in [5, 5.41) is 5.51. The summed E-state index contributed by atoms with van der Waals surface area (Å²) in [6, 6.07) is 28.6. The first-order chi connectivity index (χ1) is 15.2. The quantitative estimate of drug-likeness (QED) is 0.289. The third-order valence-corrected chi connectivity index (χ3v) is 6.98. The average molecular weight is 403 g/mol. The van der Waals surface area contributed by atoms with Crippen LogP contribution in [0.1, 0.15) is 23.6 Å². The number of aromatic nitrogens is 2. The molecule has 2 heteroatoms. The van der Waals surface area contributed by atoms with Crippen molar-refractivity contribution in [2.75, 3.05) is 0 Å². The molecule has 0 aliphatic heterocycles. The van der Waals surface area contributed by atoms with Crippen molar-refractivity contribution >= 4 is 43.6 Å². The first-order valence-corrected chi connectivity index (χ1v) is 11.2. The minimum Gasteiger partial charge on any atom is -0.339 e. The molecule has 0 bridgehead atoms. The van der Waals surface area contributed by atoms with Gasteiger partial charge in [0.1, 0.15) is 0 Å². The highest BCUT2D eigenvalue weighted by molar-refractivity contribution is 6.25. The standard InChI is InChI=1S/C29H26N2/c1-4-30-24-16-10-8-14-22(24)26-19(2)20(3)27-23-15-9-11-17-25(23)31(29(27)28(26)30)18-21-12-6-5-7-13-21/h5-17H,4,18H2,1-3H3. The van der Waals surface area contributed by atoms with Gasteiger partial charge in [0.15, 0.2) is 0 Å². The maximum absolute atomic E-state index is 2.54. The minimum absolute atomic E-state index is 0.869. The number of aryl methyl sites for hydroxylation is 3. The number of hydrogen-bond acceptors (Lipinski definition) is 0. The molecule has 6 aromatic rings. The van der Waals surface area contributed by atoms with Gasteiger partial charge in [-0.2, -0.15) is 0 Å². The fraction of sp³-hybridized carbons (Fsp3) is 0.172. The Morgan fingerprint density at radius 1 is 0.581 bits per heavy atom. The number of para-hydroxylation sites is 2. The molecule has 0 aliphatic rings. The average Bonchev–Trinajstić information content (AvgIpc) is 3.31. The van der Waals surface area contributed by atoms with E-state index in [1.165, 1.54) is 60.3 Å². The van der Waals surface area contributed by atoms with Crippen molar-refractivity contribution in [1.82, 2.24) is 9.13 Å². The SMILES string of the molecule is CCn1c2ccccc2c2c(C)c(C)c3c4ccccc4n(Cc4ccccc4)c3c21. The smallest absolute Gasteiger partial charge is 0.0745 e. The maximum Gasteiger partial charge on any atom is 0.0745 e. The van der Waals surface area contributed by atoms with Crippen LogP contribution in [0.3, 0.4) is 0 Å². The van der Waals surface area contributed by atoms with Crippen molar-refractivity contribution in [3.05, 3.63) is 95.6 Å². The largest absolute Gasteiger partial charge is 0.339 e. The molecule has 152 valence electrons. The zero-order valence-electron chi connectivity index (χ0n) is 18.3. The number of hydrogen-bond donors (Lipinski definition) is 0. The van der Waals surface area contributed by atoms with Crippen LogP contribution in [-0.2, 0) is 13.1 Å². The van der Waals surface area contributed by atoms with Gasteiger partial charge in [-0.3, -0.25) is 0 Å². The summed E-state index contributed by atoms with van der Waals surface area (Å²) < 4.78 is 5.06. The first-order valence-electron chi connectivity index (χ1n) is 11.2. The Morgan fingerprint density at radius 3 is 1.65 bits per heavy atom. The van der Waals surface area contributed by atoms with Gasteiger partial charge in [-0.25, -0.2) is 0 Å². The number of benzene rings is 4. The third-order valence-electron chi connectivity index (χ3n) is 6.98. The molecule has 0 aliphatic carbocycles. The van der Waals surface area contributed by atoms with Crippen LogP contribution >= 0.6 is 0 Å². The van der Waals surface area contributed by atoms with Crippen molar-refractivity contribution in [2.45, 2.75) is 33.9 Å². The number of fused-ring (bicyclic) bond motifs is 7. The molecule has 31 heavy (non-hydrogen) atoms. The predicted molar refractivity (Wildman–Crippen MR) is 133 cm³/mol. The molecule has 0 atom stereocenters. The Kier molecular flexibility index (Phi) is 3.97. The van der Waals surface area contributed by atoms with Crippen molar-refractivity contribution < 1.29 is 0 Å². The van der Waals surface area contributed by atoms with Gasteiger partial charge in [-0.05, 0) is 49.6 Å². The van der Waals surface area contributed by atoms with Crippen LogP contribution < -0.4 is 0 Å². The van der Waals surface area contributed by atoms with Crippen molar-refractivity contribution in [2.24, 2.45) is 0 Å². The van der Waals surface area contributed by atoms with Gasteiger partial charge in [0.05, 0.1) is 11.0 Å². The van der Waals surface area contributed by atoms with Crippen molar-refractivity contribution in [1.29, 1.82) is 0 Å². The molecule has 4 aromatic carbocycles. The highest BCUT2D eigenvalue weighted by Gasteiger charge is 2.22. The van der Waals surface area contributed by atoms with Crippen LogP contribution in [0.2, 0.25) is 0 Å². The minimum atomic E-state index is 0.869.